The number of fused-ring (bicyclic) bond motifs is 2. The van der Waals surface area contributed by atoms with Crippen molar-refractivity contribution in [3.05, 3.63) is 41.0 Å². The second-order valence-corrected chi connectivity index (χ2v) is 5.76. The van der Waals surface area contributed by atoms with Crippen molar-refractivity contribution < 1.29 is 14.3 Å². The van der Waals surface area contributed by atoms with Crippen LogP contribution in [0.25, 0.3) is 11.0 Å². The van der Waals surface area contributed by atoms with Crippen molar-refractivity contribution in [3.8, 4) is 11.5 Å². The highest BCUT2D eigenvalue weighted by atomic mass is 35.5. The van der Waals surface area contributed by atoms with Crippen LogP contribution >= 0.6 is 11.6 Å². The van der Waals surface area contributed by atoms with Gasteiger partial charge in [0.05, 0.1) is 16.8 Å². The molecule has 1 aliphatic heterocycles. The first kappa shape index (κ1) is 14.8. The Balaban J connectivity index is 1.51. The lowest BCUT2D eigenvalue weighted by molar-refractivity contribution is -0.115. The number of H-pyrrole nitrogens is 1. The highest BCUT2D eigenvalue weighted by molar-refractivity contribution is 6.31. The van der Waals surface area contributed by atoms with Gasteiger partial charge in [-0.1, -0.05) is 17.7 Å². The van der Waals surface area contributed by atoms with E-state index in [9.17, 15) is 4.79 Å². The molecule has 122 valence electrons. The lowest BCUT2D eigenvalue weighted by Crippen LogP contribution is -2.17. The van der Waals surface area contributed by atoms with Crippen LogP contribution in [-0.2, 0) is 11.2 Å². The number of carbonyl (C=O) groups is 1. The first-order valence-corrected chi connectivity index (χ1v) is 7.75. The van der Waals surface area contributed by atoms with Gasteiger partial charge in [-0.2, -0.15) is 5.10 Å². The maximum absolute atomic E-state index is 12.3. The summed E-state index contributed by atoms with van der Waals surface area (Å²) in [4.78, 5) is 16.4. The molecule has 4 rings (SSSR count). The maximum atomic E-state index is 12.3. The van der Waals surface area contributed by atoms with Gasteiger partial charge in [-0.15, -0.1) is 0 Å². The Labute approximate surface area is 141 Å². The fraction of sp³-hybridized carbons (Fsp3) is 0.188. The predicted molar refractivity (Wildman–Crippen MR) is 88.7 cm³/mol. The Morgan fingerprint density at radius 2 is 2.08 bits per heavy atom. The van der Waals surface area contributed by atoms with Gasteiger partial charge in [0.1, 0.15) is 19.0 Å². The molecule has 0 radical (unpaired) electrons. The van der Waals surface area contributed by atoms with Crippen molar-refractivity contribution in [2.75, 3.05) is 18.5 Å². The highest BCUT2D eigenvalue weighted by Gasteiger charge is 2.14. The van der Waals surface area contributed by atoms with E-state index in [1.54, 1.807) is 6.07 Å². The van der Waals surface area contributed by atoms with Crippen LogP contribution in [0.5, 0.6) is 11.5 Å². The molecule has 0 spiro atoms. The number of aromatic nitrogens is 3. The van der Waals surface area contributed by atoms with Gasteiger partial charge in [0, 0.05) is 6.20 Å². The Morgan fingerprint density at radius 3 is 2.96 bits per heavy atom. The number of halogens is 1. The number of ether oxygens (including phenoxy) is 2. The van der Waals surface area contributed by atoms with Crippen molar-refractivity contribution in [2.45, 2.75) is 6.42 Å². The number of nitrogens with zero attached hydrogens (tertiary/aromatic N) is 2. The second-order valence-electron chi connectivity index (χ2n) is 5.33. The van der Waals surface area contributed by atoms with E-state index in [0.717, 1.165) is 5.56 Å². The third kappa shape index (κ3) is 2.85. The highest BCUT2D eigenvalue weighted by Crippen LogP contribution is 2.31. The number of hydrogen-bond acceptors (Lipinski definition) is 5. The third-order valence-corrected chi connectivity index (χ3v) is 3.82. The summed E-state index contributed by atoms with van der Waals surface area (Å²) >= 11 is 5.94. The van der Waals surface area contributed by atoms with Crippen LogP contribution in [0.1, 0.15) is 5.56 Å². The van der Waals surface area contributed by atoms with E-state index < -0.39 is 0 Å². The molecule has 0 bridgehead atoms. The molecule has 0 saturated carbocycles. The molecule has 0 atom stereocenters. The molecule has 0 aliphatic carbocycles. The summed E-state index contributed by atoms with van der Waals surface area (Å²) in [7, 11) is 0. The molecule has 1 aliphatic rings. The lowest BCUT2D eigenvalue weighted by Gasteiger charge is -2.18. The molecule has 24 heavy (non-hydrogen) atoms. The zero-order valence-electron chi connectivity index (χ0n) is 12.5. The number of benzene rings is 1. The number of hydrogen-bond donors (Lipinski definition) is 2. The number of pyridine rings is 1. The van der Waals surface area contributed by atoms with Crippen molar-refractivity contribution in [1.29, 1.82) is 0 Å². The van der Waals surface area contributed by atoms with Crippen LogP contribution < -0.4 is 14.8 Å². The molecule has 0 fully saturated rings. The Kier molecular flexibility index (Phi) is 3.70. The Hall–Kier alpha value is -2.80. The van der Waals surface area contributed by atoms with Crippen molar-refractivity contribution >= 4 is 34.4 Å². The summed E-state index contributed by atoms with van der Waals surface area (Å²) in [5, 5.41) is 10.7. The van der Waals surface area contributed by atoms with E-state index in [1.165, 1.54) is 6.20 Å². The summed E-state index contributed by atoms with van der Waals surface area (Å²) in [5.41, 5.74) is 1.32. The fourth-order valence-electron chi connectivity index (χ4n) is 2.54. The summed E-state index contributed by atoms with van der Waals surface area (Å²) in [6.45, 7) is 1.05. The summed E-state index contributed by atoms with van der Waals surface area (Å²) in [6.07, 6.45) is 1.71. The quantitative estimate of drug-likeness (QED) is 0.762. The fourth-order valence-corrected chi connectivity index (χ4v) is 2.69. The SMILES string of the molecule is O=C(Cc1ccc2c(c1)OCCO2)Nc1[nH]nc2ncc(Cl)cc12. The molecule has 3 aromatic rings. The Bertz CT molecular complexity index is 925. The van der Waals surface area contributed by atoms with E-state index in [4.69, 9.17) is 21.1 Å². The zero-order valence-corrected chi connectivity index (χ0v) is 13.3. The average molecular weight is 345 g/mol. The van der Waals surface area contributed by atoms with E-state index in [1.807, 2.05) is 18.2 Å². The van der Waals surface area contributed by atoms with Crippen molar-refractivity contribution in [3.63, 3.8) is 0 Å². The second kappa shape index (κ2) is 6.01. The molecule has 0 unspecified atom stereocenters. The van der Waals surface area contributed by atoms with E-state index >= 15 is 0 Å². The number of carbonyl (C=O) groups excluding carboxylic acids is 1. The van der Waals surface area contributed by atoms with Gasteiger partial charge in [-0.25, -0.2) is 4.98 Å². The first-order chi connectivity index (χ1) is 11.7. The van der Waals surface area contributed by atoms with Gasteiger partial charge in [0.2, 0.25) is 5.91 Å². The molecule has 1 amide bonds. The molecule has 2 aromatic heterocycles. The van der Waals surface area contributed by atoms with Crippen LogP contribution in [0.2, 0.25) is 5.02 Å². The topological polar surface area (TPSA) is 89.1 Å². The number of amides is 1. The first-order valence-electron chi connectivity index (χ1n) is 7.37. The van der Waals surface area contributed by atoms with Gasteiger partial charge in [-0.3, -0.25) is 9.89 Å². The van der Waals surface area contributed by atoms with Crippen LogP contribution in [0.3, 0.4) is 0 Å². The number of rotatable bonds is 3. The Morgan fingerprint density at radius 1 is 1.25 bits per heavy atom. The van der Waals surface area contributed by atoms with Gasteiger partial charge < -0.3 is 14.8 Å². The van der Waals surface area contributed by atoms with Crippen LogP contribution in [0, 0.1) is 0 Å². The molecule has 2 N–H and O–H groups in total. The summed E-state index contributed by atoms with van der Waals surface area (Å²) < 4.78 is 11.0. The van der Waals surface area contributed by atoms with Gasteiger partial charge >= 0.3 is 0 Å². The smallest absolute Gasteiger partial charge is 0.229 e. The van der Waals surface area contributed by atoms with Crippen LogP contribution in [0.4, 0.5) is 5.82 Å². The van der Waals surface area contributed by atoms with Crippen LogP contribution in [-0.4, -0.2) is 34.3 Å². The molecule has 7 nitrogen and oxygen atoms in total. The lowest BCUT2D eigenvalue weighted by atomic mass is 10.1. The molecule has 8 heteroatoms. The average Bonchev–Trinajstić information content (AvgIpc) is 2.97. The largest absolute Gasteiger partial charge is 0.486 e. The van der Waals surface area contributed by atoms with Gasteiger partial charge in [-0.05, 0) is 23.8 Å². The minimum absolute atomic E-state index is 0.183. The molecule has 3 heterocycles. The third-order valence-electron chi connectivity index (χ3n) is 3.61. The minimum Gasteiger partial charge on any atom is -0.486 e. The van der Waals surface area contributed by atoms with E-state index in [0.29, 0.717) is 46.6 Å². The predicted octanol–water partition coefficient (Wildman–Crippen LogP) is 2.56. The van der Waals surface area contributed by atoms with E-state index in [-0.39, 0.29) is 12.3 Å². The maximum Gasteiger partial charge on any atom is 0.229 e. The van der Waals surface area contributed by atoms with Crippen LogP contribution in [0.15, 0.2) is 30.5 Å². The number of aromatic amines is 1. The molecule has 0 saturated heterocycles. The van der Waals surface area contributed by atoms with Gasteiger partial charge in [0.25, 0.3) is 0 Å². The monoisotopic (exact) mass is 344 g/mol. The van der Waals surface area contributed by atoms with Gasteiger partial charge in [0.15, 0.2) is 17.1 Å². The molecule has 1 aromatic carbocycles. The van der Waals surface area contributed by atoms with E-state index in [2.05, 4.69) is 20.5 Å². The summed E-state index contributed by atoms with van der Waals surface area (Å²) in [5.74, 6) is 1.65. The number of nitrogens with one attached hydrogen (secondary N) is 2. The normalized spacial score (nSPS) is 13.0. The molecular formula is C16H13ClN4O3. The van der Waals surface area contributed by atoms with Crippen molar-refractivity contribution in [2.24, 2.45) is 0 Å². The minimum atomic E-state index is -0.183. The summed E-state index contributed by atoms with van der Waals surface area (Å²) in [6, 6.07) is 7.17. The number of anilines is 1. The molecular weight excluding hydrogens is 332 g/mol. The standard InChI is InChI=1S/C16H13ClN4O3/c17-10-7-11-15(18-8-10)20-21-16(11)19-14(22)6-9-1-2-12-13(5-9)24-4-3-23-12/h1-2,5,7-8H,3-4,6H2,(H2,18,19,20,21,22). The zero-order chi connectivity index (χ0) is 16.5. The van der Waals surface area contributed by atoms with Crippen molar-refractivity contribution in [1.82, 2.24) is 15.2 Å².